The van der Waals surface area contributed by atoms with Gasteiger partial charge in [0.2, 0.25) is 0 Å². The first kappa shape index (κ1) is 17.3. The lowest BCUT2D eigenvalue weighted by Crippen LogP contribution is -2.29. The molecule has 140 valence electrons. The number of carbonyl (C=O) groups excluding carboxylic acids is 3. The number of imide groups is 1. The number of carboxylic acid groups (broad SMARTS) is 1. The molecule has 29 heavy (non-hydrogen) atoms. The number of fused-ring (bicyclic) bond motifs is 2. The van der Waals surface area contributed by atoms with Crippen molar-refractivity contribution >= 4 is 45.0 Å². The minimum absolute atomic E-state index is 0.0575. The van der Waals surface area contributed by atoms with Gasteiger partial charge < -0.3 is 9.90 Å². The Morgan fingerprint density at radius 3 is 2.48 bits per heavy atom. The molecule has 0 spiro atoms. The first-order chi connectivity index (χ1) is 14.0. The van der Waals surface area contributed by atoms with E-state index < -0.39 is 17.8 Å². The number of nitrogens with zero attached hydrogens (tertiary/aromatic N) is 2. The van der Waals surface area contributed by atoms with Crippen LogP contribution in [0.4, 0.5) is 5.69 Å². The van der Waals surface area contributed by atoms with Crippen LogP contribution in [0.25, 0.3) is 20.8 Å². The molecule has 6 nitrogen and oxygen atoms in total. The maximum atomic E-state index is 12.8. The molecule has 1 aliphatic heterocycles. The monoisotopic (exact) mass is 399 g/mol. The maximum absolute atomic E-state index is 12.8. The lowest BCUT2D eigenvalue weighted by atomic mass is 10.1. The summed E-state index contributed by atoms with van der Waals surface area (Å²) in [5, 5.41) is 11.9. The summed E-state index contributed by atoms with van der Waals surface area (Å²) in [6, 6.07) is 18.6. The van der Waals surface area contributed by atoms with E-state index in [1.54, 1.807) is 18.2 Å². The molecule has 1 aliphatic rings. The zero-order chi connectivity index (χ0) is 20.1. The highest BCUT2D eigenvalue weighted by atomic mass is 32.1. The number of anilines is 1. The summed E-state index contributed by atoms with van der Waals surface area (Å²) in [6.45, 7) is 0. The van der Waals surface area contributed by atoms with Crippen molar-refractivity contribution in [3.63, 3.8) is 0 Å². The van der Waals surface area contributed by atoms with Crippen LogP contribution < -0.4 is 10.0 Å². The van der Waals surface area contributed by atoms with Crippen LogP contribution >= 0.6 is 11.3 Å². The normalized spacial score (nSPS) is 13.2. The molecule has 0 aliphatic carbocycles. The van der Waals surface area contributed by atoms with E-state index >= 15 is 0 Å². The van der Waals surface area contributed by atoms with E-state index in [-0.39, 0.29) is 16.7 Å². The van der Waals surface area contributed by atoms with Crippen molar-refractivity contribution in [3.8, 4) is 10.6 Å². The molecule has 5 rings (SSSR count). The van der Waals surface area contributed by atoms with E-state index in [1.807, 2.05) is 30.3 Å². The van der Waals surface area contributed by atoms with Crippen LogP contribution in [0.3, 0.4) is 0 Å². The van der Waals surface area contributed by atoms with E-state index in [2.05, 4.69) is 4.98 Å². The van der Waals surface area contributed by atoms with Gasteiger partial charge >= 0.3 is 0 Å². The third-order valence-corrected chi connectivity index (χ3v) is 5.85. The summed E-state index contributed by atoms with van der Waals surface area (Å²) < 4.78 is 1.04. The number of aromatic nitrogens is 1. The molecular formula is C22H11N2O4S-. The number of amides is 2. The Balaban J connectivity index is 1.56. The minimum Gasteiger partial charge on any atom is -0.545 e. The van der Waals surface area contributed by atoms with Crippen molar-refractivity contribution in [3.05, 3.63) is 83.4 Å². The number of aromatic carboxylic acids is 1. The van der Waals surface area contributed by atoms with Crippen LogP contribution in [0.15, 0.2) is 66.7 Å². The smallest absolute Gasteiger partial charge is 0.266 e. The van der Waals surface area contributed by atoms with E-state index in [4.69, 9.17) is 0 Å². The van der Waals surface area contributed by atoms with Gasteiger partial charge in [0.15, 0.2) is 0 Å². The number of carboxylic acids is 1. The van der Waals surface area contributed by atoms with Crippen LogP contribution in [0.2, 0.25) is 0 Å². The molecule has 4 aromatic rings. The predicted octanol–water partition coefficient (Wildman–Crippen LogP) is 3.13. The number of benzene rings is 3. The molecule has 0 saturated heterocycles. The lowest BCUT2D eigenvalue weighted by Gasteiger charge is -2.14. The maximum Gasteiger partial charge on any atom is 0.266 e. The lowest BCUT2D eigenvalue weighted by molar-refractivity contribution is -0.255. The zero-order valence-electron chi connectivity index (χ0n) is 14.8. The van der Waals surface area contributed by atoms with Crippen molar-refractivity contribution in [1.29, 1.82) is 0 Å². The summed E-state index contributed by atoms with van der Waals surface area (Å²) in [6.07, 6.45) is 0. The zero-order valence-corrected chi connectivity index (χ0v) is 15.6. The largest absolute Gasteiger partial charge is 0.545 e. The van der Waals surface area contributed by atoms with E-state index in [0.717, 1.165) is 25.7 Å². The summed E-state index contributed by atoms with van der Waals surface area (Å²) >= 11 is 1.52. The van der Waals surface area contributed by atoms with Crippen LogP contribution in [0, 0.1) is 0 Å². The molecule has 2 heterocycles. The number of rotatable bonds is 3. The van der Waals surface area contributed by atoms with Gasteiger partial charge in [-0.3, -0.25) is 9.59 Å². The Bertz CT molecular complexity index is 1310. The van der Waals surface area contributed by atoms with Gasteiger partial charge in [-0.1, -0.05) is 30.3 Å². The number of hydrogen-bond acceptors (Lipinski definition) is 6. The van der Waals surface area contributed by atoms with Gasteiger partial charge in [-0.2, -0.15) is 0 Å². The predicted molar refractivity (Wildman–Crippen MR) is 107 cm³/mol. The molecule has 7 heteroatoms. The van der Waals surface area contributed by atoms with Crippen LogP contribution in [-0.2, 0) is 0 Å². The second-order valence-corrected chi connectivity index (χ2v) is 7.56. The SMILES string of the molecule is O=C([O-])c1ccc2c(c1)C(=O)N(c1cccc(-c3nc4ccccc4s3)c1)C2=O. The third kappa shape index (κ3) is 2.71. The third-order valence-electron chi connectivity index (χ3n) is 4.77. The first-order valence-electron chi connectivity index (χ1n) is 8.73. The Morgan fingerprint density at radius 2 is 1.69 bits per heavy atom. The van der Waals surface area contributed by atoms with E-state index in [0.29, 0.717) is 5.69 Å². The Kier molecular flexibility index (Phi) is 3.78. The minimum atomic E-state index is -1.40. The molecule has 0 radical (unpaired) electrons. The summed E-state index contributed by atoms with van der Waals surface area (Å²) in [5.74, 6) is -2.45. The summed E-state index contributed by atoms with van der Waals surface area (Å²) in [7, 11) is 0. The van der Waals surface area contributed by atoms with Crippen molar-refractivity contribution in [2.75, 3.05) is 4.90 Å². The fraction of sp³-hybridized carbons (Fsp3) is 0. The fourth-order valence-corrected chi connectivity index (χ4v) is 4.34. The molecule has 3 aromatic carbocycles. The molecule has 0 atom stereocenters. The van der Waals surface area contributed by atoms with Crippen LogP contribution in [-0.4, -0.2) is 22.8 Å². The first-order valence-corrected chi connectivity index (χ1v) is 9.55. The fourth-order valence-electron chi connectivity index (χ4n) is 3.38. The second kappa shape index (κ2) is 6.35. The van der Waals surface area contributed by atoms with Crippen molar-refractivity contribution in [1.82, 2.24) is 4.98 Å². The molecule has 0 unspecified atom stereocenters. The van der Waals surface area contributed by atoms with Crippen molar-refractivity contribution in [2.24, 2.45) is 0 Å². The second-order valence-electron chi connectivity index (χ2n) is 6.53. The average Bonchev–Trinajstić information content (AvgIpc) is 3.27. The Morgan fingerprint density at radius 1 is 0.897 bits per heavy atom. The molecular weight excluding hydrogens is 388 g/mol. The summed E-state index contributed by atoms with van der Waals surface area (Å²) in [4.78, 5) is 42.4. The molecule has 2 amide bonds. The average molecular weight is 399 g/mol. The quantitative estimate of drug-likeness (QED) is 0.494. The van der Waals surface area contributed by atoms with Crippen molar-refractivity contribution in [2.45, 2.75) is 0 Å². The number of carbonyl (C=O) groups is 3. The van der Waals surface area contributed by atoms with E-state index in [9.17, 15) is 19.5 Å². The highest BCUT2D eigenvalue weighted by Gasteiger charge is 2.37. The highest BCUT2D eigenvalue weighted by Crippen LogP contribution is 2.34. The highest BCUT2D eigenvalue weighted by molar-refractivity contribution is 7.21. The van der Waals surface area contributed by atoms with Gasteiger partial charge in [0.1, 0.15) is 5.01 Å². The molecule has 0 N–H and O–H groups in total. The van der Waals surface area contributed by atoms with Gasteiger partial charge in [0.05, 0.1) is 33.0 Å². The molecule has 1 aromatic heterocycles. The van der Waals surface area contributed by atoms with Gasteiger partial charge in [-0.15, -0.1) is 11.3 Å². The van der Waals surface area contributed by atoms with Gasteiger partial charge in [-0.25, -0.2) is 9.88 Å². The molecule has 0 saturated carbocycles. The Hall–Kier alpha value is -3.84. The van der Waals surface area contributed by atoms with Crippen LogP contribution in [0.5, 0.6) is 0 Å². The van der Waals surface area contributed by atoms with Crippen LogP contribution in [0.1, 0.15) is 31.1 Å². The molecule has 0 fully saturated rings. The number of thiazole rings is 1. The van der Waals surface area contributed by atoms with E-state index in [1.165, 1.54) is 29.5 Å². The van der Waals surface area contributed by atoms with Gasteiger partial charge in [0.25, 0.3) is 11.8 Å². The number of para-hydroxylation sites is 1. The Labute approximate surface area is 168 Å². The van der Waals surface area contributed by atoms with Gasteiger partial charge in [-0.05, 0) is 42.0 Å². The summed E-state index contributed by atoms with van der Waals surface area (Å²) in [5.41, 5.74) is 2.16. The van der Waals surface area contributed by atoms with Crippen molar-refractivity contribution < 1.29 is 19.5 Å². The standard InChI is InChI=1S/C22H12N2O4S/c25-20-15-9-8-13(22(27)28)11-16(15)21(26)24(20)14-5-3-4-12(10-14)19-23-17-6-1-2-7-18(17)29-19/h1-11H,(H,27,28)/p-1. The molecule has 0 bridgehead atoms. The topological polar surface area (TPSA) is 90.4 Å². The van der Waals surface area contributed by atoms with Gasteiger partial charge in [0, 0.05) is 5.56 Å². The number of hydrogen-bond donors (Lipinski definition) is 0.